The summed E-state index contributed by atoms with van der Waals surface area (Å²) < 4.78 is 49.8. The molecule has 2 aliphatic carbocycles. The van der Waals surface area contributed by atoms with E-state index in [1.165, 1.54) is 94.4 Å². The Labute approximate surface area is 262 Å². The zero-order valence-electron chi connectivity index (χ0n) is 26.2. The molecule has 0 amide bonds. The van der Waals surface area contributed by atoms with Crippen LogP contribution in [0.1, 0.15) is 96.0 Å². The number of unbranched alkanes of at least 4 members (excludes halogenated alkanes) is 4. The van der Waals surface area contributed by atoms with Crippen LogP contribution in [-0.2, 0) is 0 Å². The van der Waals surface area contributed by atoms with Gasteiger partial charge < -0.3 is 4.74 Å². The van der Waals surface area contributed by atoms with Gasteiger partial charge in [-0.2, -0.15) is 4.39 Å². The van der Waals surface area contributed by atoms with Crippen LogP contribution in [0.25, 0.3) is 27.8 Å². The molecule has 0 aromatic heterocycles. The van der Waals surface area contributed by atoms with Crippen LogP contribution in [0.4, 0.5) is 13.2 Å². The molecule has 44 heavy (non-hydrogen) atoms. The molecule has 1 fully saturated rings. The Kier molecular flexibility index (Phi) is 11.4. The average molecular weight is 601 g/mol. The minimum absolute atomic E-state index is 0.0901. The van der Waals surface area contributed by atoms with Crippen molar-refractivity contribution in [2.45, 2.75) is 90.4 Å². The topological polar surface area (TPSA) is 9.23 Å². The Morgan fingerprint density at radius 2 is 1.43 bits per heavy atom. The largest absolute Gasteiger partial charge is 0.486 e. The summed E-state index contributed by atoms with van der Waals surface area (Å²) >= 11 is 0. The molecule has 1 atom stereocenters. The van der Waals surface area contributed by atoms with Crippen molar-refractivity contribution in [3.05, 3.63) is 96.3 Å². The first kappa shape index (κ1) is 32.1. The zero-order valence-corrected chi connectivity index (χ0v) is 26.2. The lowest BCUT2D eigenvalue weighted by molar-refractivity contribution is 0.187. The Morgan fingerprint density at radius 3 is 2.09 bits per heavy atom. The van der Waals surface area contributed by atoms with Crippen molar-refractivity contribution < 1.29 is 17.9 Å². The van der Waals surface area contributed by atoms with Gasteiger partial charge in [-0.15, -0.1) is 0 Å². The molecule has 0 N–H and O–H groups in total. The highest BCUT2D eigenvalue weighted by molar-refractivity contribution is 5.74. The molecular formula is C40H47F3O. The molecule has 2 aliphatic rings. The van der Waals surface area contributed by atoms with Crippen LogP contribution < -0.4 is 4.74 Å². The lowest BCUT2D eigenvalue weighted by Crippen LogP contribution is -2.23. The van der Waals surface area contributed by atoms with Crippen LogP contribution in [0.5, 0.6) is 5.75 Å². The minimum Gasteiger partial charge on any atom is -0.486 e. The standard InChI is InChI=1S/C40H47F3O/c1-3-5-6-7-8-9-28-10-12-29(13-11-28)30-14-16-31(17-15-30)34-22-23-35(37(41)27-34)32-18-20-33(21-19-32)36-24-25-38(44-26-4-2)40(43)39(36)42/h4,16,18-25,27-30H,2-3,5-15,17,26H2,1H3. The van der Waals surface area contributed by atoms with Crippen molar-refractivity contribution in [3.8, 4) is 28.0 Å². The first-order valence-corrected chi connectivity index (χ1v) is 16.8. The second-order valence-electron chi connectivity index (χ2n) is 12.9. The molecule has 0 heterocycles. The van der Waals surface area contributed by atoms with E-state index in [9.17, 15) is 8.78 Å². The molecule has 0 spiro atoms. The van der Waals surface area contributed by atoms with E-state index >= 15 is 4.39 Å². The van der Waals surface area contributed by atoms with Crippen molar-refractivity contribution >= 4 is 5.57 Å². The zero-order chi connectivity index (χ0) is 30.9. The SMILES string of the molecule is C=CCOc1ccc(-c2ccc(-c3ccc(C4=CCC(C5CCC(CCCCCCC)CC5)CC4)cc3F)cc2)c(F)c1F. The molecular weight excluding hydrogens is 553 g/mol. The highest BCUT2D eigenvalue weighted by Gasteiger charge is 2.29. The Bertz CT molecular complexity index is 1420. The highest BCUT2D eigenvalue weighted by atomic mass is 19.2. The fourth-order valence-electron chi connectivity index (χ4n) is 7.32. The summed E-state index contributed by atoms with van der Waals surface area (Å²) in [6.45, 7) is 5.89. The van der Waals surface area contributed by atoms with Crippen LogP contribution in [0, 0.1) is 35.2 Å². The summed E-state index contributed by atoms with van der Waals surface area (Å²) in [5, 5.41) is 0. The molecule has 1 nitrogen and oxygen atoms in total. The molecule has 3 aromatic carbocycles. The smallest absolute Gasteiger partial charge is 0.201 e. The molecule has 0 radical (unpaired) electrons. The molecule has 1 unspecified atom stereocenters. The van der Waals surface area contributed by atoms with Gasteiger partial charge in [0.25, 0.3) is 0 Å². The summed E-state index contributed by atoms with van der Waals surface area (Å²) in [4.78, 5) is 0. The van der Waals surface area contributed by atoms with E-state index in [-0.39, 0.29) is 23.7 Å². The van der Waals surface area contributed by atoms with Gasteiger partial charge in [-0.1, -0.05) is 113 Å². The predicted octanol–water partition coefficient (Wildman–Crippen LogP) is 12.4. The third-order valence-corrected chi connectivity index (χ3v) is 9.98. The molecule has 0 aliphatic heterocycles. The fourth-order valence-corrected chi connectivity index (χ4v) is 7.32. The van der Waals surface area contributed by atoms with Gasteiger partial charge in [-0.25, -0.2) is 8.78 Å². The predicted molar refractivity (Wildman–Crippen MR) is 177 cm³/mol. The van der Waals surface area contributed by atoms with Crippen molar-refractivity contribution in [1.29, 1.82) is 0 Å². The van der Waals surface area contributed by atoms with Crippen LogP contribution in [0.15, 0.2) is 73.3 Å². The maximum Gasteiger partial charge on any atom is 0.201 e. The van der Waals surface area contributed by atoms with Crippen molar-refractivity contribution in [3.63, 3.8) is 0 Å². The Hall–Kier alpha value is -3.27. The van der Waals surface area contributed by atoms with E-state index in [2.05, 4.69) is 19.6 Å². The van der Waals surface area contributed by atoms with Crippen LogP contribution in [0.3, 0.4) is 0 Å². The summed E-state index contributed by atoms with van der Waals surface area (Å²) in [6, 6.07) is 15.3. The number of benzene rings is 3. The normalized spacial score (nSPS) is 20.3. The number of hydrogen-bond donors (Lipinski definition) is 0. The summed E-state index contributed by atoms with van der Waals surface area (Å²) in [5.74, 6) is 0.124. The monoisotopic (exact) mass is 600 g/mol. The van der Waals surface area contributed by atoms with Crippen molar-refractivity contribution in [1.82, 2.24) is 0 Å². The van der Waals surface area contributed by atoms with E-state index in [0.29, 0.717) is 16.7 Å². The summed E-state index contributed by atoms with van der Waals surface area (Å²) in [5.41, 5.74) is 4.04. The molecule has 4 heteroatoms. The molecule has 234 valence electrons. The number of ether oxygens (including phenoxy) is 1. The average Bonchev–Trinajstić information content (AvgIpc) is 3.06. The molecule has 3 aromatic rings. The summed E-state index contributed by atoms with van der Waals surface area (Å²) in [6.07, 6.45) is 21.1. The van der Waals surface area contributed by atoms with E-state index in [1.54, 1.807) is 30.3 Å². The van der Waals surface area contributed by atoms with Crippen LogP contribution in [0.2, 0.25) is 0 Å². The van der Waals surface area contributed by atoms with Crippen LogP contribution >= 0.6 is 0 Å². The second-order valence-corrected chi connectivity index (χ2v) is 12.9. The summed E-state index contributed by atoms with van der Waals surface area (Å²) in [7, 11) is 0. The number of allylic oxidation sites excluding steroid dienone is 2. The quantitative estimate of drug-likeness (QED) is 0.140. The van der Waals surface area contributed by atoms with E-state index in [0.717, 1.165) is 36.2 Å². The van der Waals surface area contributed by atoms with Gasteiger partial charge in [-0.05, 0) is 90.3 Å². The van der Waals surface area contributed by atoms with Gasteiger partial charge >= 0.3 is 0 Å². The third kappa shape index (κ3) is 7.86. The molecule has 5 rings (SSSR count). The van der Waals surface area contributed by atoms with E-state index in [4.69, 9.17) is 4.74 Å². The maximum absolute atomic E-state index is 15.4. The van der Waals surface area contributed by atoms with Crippen molar-refractivity contribution in [2.24, 2.45) is 17.8 Å². The highest BCUT2D eigenvalue weighted by Crippen LogP contribution is 2.42. The van der Waals surface area contributed by atoms with Gasteiger partial charge in [0.2, 0.25) is 5.82 Å². The molecule has 0 saturated heterocycles. The number of rotatable bonds is 13. The van der Waals surface area contributed by atoms with Gasteiger partial charge in [-0.3, -0.25) is 0 Å². The third-order valence-electron chi connectivity index (χ3n) is 9.98. The van der Waals surface area contributed by atoms with Crippen molar-refractivity contribution in [2.75, 3.05) is 6.61 Å². The van der Waals surface area contributed by atoms with Crippen LogP contribution in [-0.4, -0.2) is 6.61 Å². The van der Waals surface area contributed by atoms with E-state index < -0.39 is 11.6 Å². The lowest BCUT2D eigenvalue weighted by atomic mass is 9.70. The van der Waals surface area contributed by atoms with E-state index in [1.807, 2.05) is 12.1 Å². The number of halogens is 3. The Morgan fingerprint density at radius 1 is 0.750 bits per heavy atom. The first-order chi connectivity index (χ1) is 21.5. The second kappa shape index (κ2) is 15.6. The lowest BCUT2D eigenvalue weighted by Gasteiger charge is -2.35. The number of hydrogen-bond acceptors (Lipinski definition) is 1. The van der Waals surface area contributed by atoms with Gasteiger partial charge in [0, 0.05) is 11.1 Å². The fraction of sp³-hybridized carbons (Fsp3) is 0.450. The molecule has 1 saturated carbocycles. The van der Waals surface area contributed by atoms with Gasteiger partial charge in [0.1, 0.15) is 12.4 Å². The molecule has 0 bridgehead atoms. The minimum atomic E-state index is -1.03. The maximum atomic E-state index is 15.4. The van der Waals surface area contributed by atoms with Gasteiger partial charge in [0.05, 0.1) is 0 Å². The van der Waals surface area contributed by atoms with Gasteiger partial charge in [0.15, 0.2) is 11.6 Å². The first-order valence-electron chi connectivity index (χ1n) is 16.8. The Balaban J connectivity index is 1.16.